The van der Waals surface area contributed by atoms with Gasteiger partial charge in [-0.15, -0.1) is 24.0 Å². The van der Waals surface area contributed by atoms with Crippen LogP contribution in [0.3, 0.4) is 0 Å². The van der Waals surface area contributed by atoms with Crippen molar-refractivity contribution in [1.29, 1.82) is 0 Å². The molecule has 0 saturated heterocycles. The number of aliphatic imine (C=N–C) groups is 1. The van der Waals surface area contributed by atoms with Gasteiger partial charge in [-0.25, -0.2) is 0 Å². The van der Waals surface area contributed by atoms with Crippen LogP contribution >= 0.6 is 24.0 Å². The summed E-state index contributed by atoms with van der Waals surface area (Å²) in [6.45, 7) is 13.9. The first-order valence-electron chi connectivity index (χ1n) is 7.93. The minimum Gasteiger partial charge on any atom is -0.357 e. The van der Waals surface area contributed by atoms with Crippen molar-refractivity contribution in [3.8, 4) is 0 Å². The molecular weight excluding hydrogens is 363 g/mol. The van der Waals surface area contributed by atoms with Crippen molar-refractivity contribution in [2.75, 3.05) is 32.7 Å². The molecule has 1 fully saturated rings. The minimum atomic E-state index is 0. The van der Waals surface area contributed by atoms with Crippen LogP contribution in [0, 0.1) is 5.92 Å². The van der Waals surface area contributed by atoms with E-state index in [2.05, 4.69) is 48.2 Å². The summed E-state index contributed by atoms with van der Waals surface area (Å²) in [5.74, 6) is 1.69. The summed E-state index contributed by atoms with van der Waals surface area (Å²) in [4.78, 5) is 7.17. The number of hydrogen-bond acceptors (Lipinski definition) is 2. The molecule has 0 unspecified atom stereocenters. The molecule has 0 aromatic heterocycles. The lowest BCUT2D eigenvalue weighted by Crippen LogP contribution is -2.42. The van der Waals surface area contributed by atoms with E-state index in [0.29, 0.717) is 0 Å². The molecule has 1 saturated carbocycles. The predicted molar refractivity (Wildman–Crippen MR) is 99.1 cm³/mol. The molecule has 0 radical (unpaired) electrons. The molecule has 20 heavy (non-hydrogen) atoms. The number of halogens is 1. The summed E-state index contributed by atoms with van der Waals surface area (Å²) < 4.78 is 0. The standard InChI is InChI=1S/C15H32N4.HI/c1-5-16-15(17-10-9-13(3)4)18-11-12-19(6-2)14-7-8-14;/h13-14H,5-12H2,1-4H3,(H2,16,17,18);1H. The molecule has 1 aliphatic carbocycles. The third-order valence-corrected chi connectivity index (χ3v) is 3.48. The number of guanidine groups is 1. The molecule has 2 N–H and O–H groups in total. The Labute approximate surface area is 142 Å². The number of rotatable bonds is 9. The Morgan fingerprint density at radius 3 is 2.45 bits per heavy atom. The summed E-state index contributed by atoms with van der Waals surface area (Å²) in [7, 11) is 0. The van der Waals surface area contributed by atoms with Crippen LogP contribution in [-0.2, 0) is 0 Å². The zero-order valence-corrected chi connectivity index (χ0v) is 15.9. The maximum atomic E-state index is 4.61. The van der Waals surface area contributed by atoms with Crippen molar-refractivity contribution in [2.45, 2.75) is 53.0 Å². The SMILES string of the molecule is CCNC(=NCCC(C)C)NCCN(CC)C1CC1.I. The van der Waals surface area contributed by atoms with E-state index in [1.54, 1.807) is 0 Å². The summed E-state index contributed by atoms with van der Waals surface area (Å²) in [6, 6.07) is 0.854. The van der Waals surface area contributed by atoms with E-state index >= 15 is 0 Å². The van der Waals surface area contributed by atoms with Crippen molar-refractivity contribution in [3.05, 3.63) is 0 Å². The average molecular weight is 396 g/mol. The quantitative estimate of drug-likeness (QED) is 0.358. The van der Waals surface area contributed by atoms with Crippen LogP contribution in [-0.4, -0.2) is 49.6 Å². The van der Waals surface area contributed by atoms with Crippen molar-refractivity contribution >= 4 is 29.9 Å². The molecule has 1 aliphatic rings. The summed E-state index contributed by atoms with van der Waals surface area (Å²) >= 11 is 0. The van der Waals surface area contributed by atoms with Crippen LogP contribution in [0.4, 0.5) is 0 Å². The summed E-state index contributed by atoms with van der Waals surface area (Å²) in [5.41, 5.74) is 0. The van der Waals surface area contributed by atoms with Gasteiger partial charge in [0.25, 0.3) is 0 Å². The second-order valence-corrected chi connectivity index (χ2v) is 5.73. The summed E-state index contributed by atoms with van der Waals surface area (Å²) in [5, 5.41) is 6.75. The monoisotopic (exact) mass is 396 g/mol. The molecule has 0 aliphatic heterocycles. The Balaban J connectivity index is 0.00000361. The first-order valence-corrected chi connectivity index (χ1v) is 7.93. The molecule has 0 heterocycles. The van der Waals surface area contributed by atoms with Crippen molar-refractivity contribution < 1.29 is 0 Å². The van der Waals surface area contributed by atoms with Gasteiger partial charge in [-0.2, -0.15) is 0 Å². The Bertz CT molecular complexity index is 265. The van der Waals surface area contributed by atoms with E-state index in [1.807, 2.05) is 0 Å². The maximum Gasteiger partial charge on any atom is 0.191 e. The van der Waals surface area contributed by atoms with E-state index in [9.17, 15) is 0 Å². The number of nitrogens with one attached hydrogen (secondary N) is 2. The molecule has 120 valence electrons. The van der Waals surface area contributed by atoms with Crippen LogP contribution in [0.2, 0.25) is 0 Å². The van der Waals surface area contributed by atoms with E-state index < -0.39 is 0 Å². The second kappa shape index (κ2) is 11.6. The van der Waals surface area contributed by atoms with Crippen molar-refractivity contribution in [1.82, 2.24) is 15.5 Å². The highest BCUT2D eigenvalue weighted by atomic mass is 127. The maximum absolute atomic E-state index is 4.61. The zero-order valence-electron chi connectivity index (χ0n) is 13.6. The molecule has 5 heteroatoms. The molecule has 0 aromatic carbocycles. The fourth-order valence-corrected chi connectivity index (χ4v) is 2.13. The average Bonchev–Trinajstić information content (AvgIpc) is 3.18. The van der Waals surface area contributed by atoms with Gasteiger partial charge < -0.3 is 10.6 Å². The van der Waals surface area contributed by atoms with Gasteiger partial charge in [-0.05, 0) is 38.6 Å². The Hall–Kier alpha value is -0.0400. The molecule has 0 bridgehead atoms. The van der Waals surface area contributed by atoms with E-state index in [0.717, 1.165) is 57.1 Å². The third-order valence-electron chi connectivity index (χ3n) is 3.48. The van der Waals surface area contributed by atoms with Crippen LogP contribution in [0.15, 0.2) is 4.99 Å². The molecule has 0 atom stereocenters. The van der Waals surface area contributed by atoms with Gasteiger partial charge in [-0.1, -0.05) is 20.8 Å². The molecule has 0 spiro atoms. The minimum absolute atomic E-state index is 0. The van der Waals surface area contributed by atoms with Crippen molar-refractivity contribution in [2.24, 2.45) is 10.9 Å². The van der Waals surface area contributed by atoms with E-state index in [1.165, 1.54) is 12.8 Å². The third kappa shape index (κ3) is 9.00. The van der Waals surface area contributed by atoms with Gasteiger partial charge in [0, 0.05) is 32.2 Å². The largest absolute Gasteiger partial charge is 0.357 e. The molecule has 4 nitrogen and oxygen atoms in total. The highest BCUT2D eigenvalue weighted by Crippen LogP contribution is 2.25. The lowest BCUT2D eigenvalue weighted by molar-refractivity contribution is 0.282. The Morgan fingerprint density at radius 1 is 1.25 bits per heavy atom. The van der Waals surface area contributed by atoms with Crippen molar-refractivity contribution in [3.63, 3.8) is 0 Å². The molecule has 0 amide bonds. The van der Waals surface area contributed by atoms with Crippen LogP contribution in [0.25, 0.3) is 0 Å². The topological polar surface area (TPSA) is 39.7 Å². The van der Waals surface area contributed by atoms with Crippen LogP contribution < -0.4 is 10.6 Å². The Kier molecular flexibility index (Phi) is 11.6. The first-order chi connectivity index (χ1) is 9.17. The fourth-order valence-electron chi connectivity index (χ4n) is 2.13. The van der Waals surface area contributed by atoms with Crippen LogP contribution in [0.1, 0.15) is 47.0 Å². The highest BCUT2D eigenvalue weighted by molar-refractivity contribution is 14.0. The summed E-state index contributed by atoms with van der Waals surface area (Å²) in [6.07, 6.45) is 3.92. The van der Waals surface area contributed by atoms with Gasteiger partial charge in [0.05, 0.1) is 0 Å². The predicted octanol–water partition coefficient (Wildman–Crippen LogP) is 2.69. The number of nitrogens with zero attached hydrogens (tertiary/aromatic N) is 2. The van der Waals surface area contributed by atoms with Crippen LogP contribution in [0.5, 0.6) is 0 Å². The van der Waals surface area contributed by atoms with E-state index in [-0.39, 0.29) is 24.0 Å². The lowest BCUT2D eigenvalue weighted by Gasteiger charge is -2.20. The van der Waals surface area contributed by atoms with E-state index in [4.69, 9.17) is 0 Å². The number of likely N-dealkylation sites (N-methyl/N-ethyl adjacent to an activating group) is 1. The normalized spacial score (nSPS) is 15.4. The number of hydrogen-bond donors (Lipinski definition) is 2. The van der Waals surface area contributed by atoms with Gasteiger partial charge in [0.15, 0.2) is 5.96 Å². The van der Waals surface area contributed by atoms with Gasteiger partial charge in [-0.3, -0.25) is 9.89 Å². The molecular formula is C15H33IN4. The van der Waals surface area contributed by atoms with Gasteiger partial charge in [0.2, 0.25) is 0 Å². The smallest absolute Gasteiger partial charge is 0.191 e. The fraction of sp³-hybridized carbons (Fsp3) is 0.933. The van der Waals surface area contributed by atoms with Gasteiger partial charge in [0.1, 0.15) is 0 Å². The lowest BCUT2D eigenvalue weighted by atomic mass is 10.1. The second-order valence-electron chi connectivity index (χ2n) is 5.73. The molecule has 0 aromatic rings. The first kappa shape index (κ1) is 20.0. The highest BCUT2D eigenvalue weighted by Gasteiger charge is 2.27. The molecule has 1 rings (SSSR count). The zero-order chi connectivity index (χ0) is 14.1. The Morgan fingerprint density at radius 2 is 1.95 bits per heavy atom. The van der Waals surface area contributed by atoms with Gasteiger partial charge >= 0.3 is 0 Å².